The Morgan fingerprint density at radius 1 is 1.38 bits per heavy atom. The summed E-state index contributed by atoms with van der Waals surface area (Å²) >= 11 is 0. The second-order valence-electron chi connectivity index (χ2n) is 3.45. The van der Waals surface area contributed by atoms with Crippen LogP contribution in [0.1, 0.15) is 17.5 Å². The Morgan fingerprint density at radius 3 is 2.44 bits per heavy atom. The smallest absolute Gasteiger partial charge is 0.118 e. The summed E-state index contributed by atoms with van der Waals surface area (Å²) in [4.78, 5) is 0. The maximum Gasteiger partial charge on any atom is 0.118 e. The lowest BCUT2D eigenvalue weighted by Gasteiger charge is -2.22. The van der Waals surface area contributed by atoms with Crippen LogP contribution in [-0.2, 0) is 5.60 Å². The molecule has 0 amide bonds. The predicted molar refractivity (Wildman–Crippen MR) is 63.6 cm³/mol. The van der Waals surface area contributed by atoms with Gasteiger partial charge in [-0.05, 0) is 23.8 Å². The first-order chi connectivity index (χ1) is 7.66. The van der Waals surface area contributed by atoms with Crippen LogP contribution in [0.4, 0.5) is 0 Å². The Labute approximate surface area is 95.5 Å². The van der Waals surface area contributed by atoms with Crippen LogP contribution >= 0.6 is 0 Å². The van der Waals surface area contributed by atoms with Crippen molar-refractivity contribution >= 4 is 0 Å². The summed E-state index contributed by atoms with van der Waals surface area (Å²) < 4.78 is 0. The Kier molecular flexibility index (Phi) is 3.85. The molecule has 2 nitrogen and oxygen atoms in total. The molecule has 2 heteroatoms. The molecule has 0 bridgehead atoms. The summed E-state index contributed by atoms with van der Waals surface area (Å²) in [5, 5.41) is 19.0. The minimum Gasteiger partial charge on any atom is -0.380 e. The molecule has 0 aliphatic carbocycles. The molecule has 0 aromatic heterocycles. The minimum absolute atomic E-state index is 0.376. The first-order valence-corrected chi connectivity index (χ1v) is 4.87. The predicted octanol–water partition coefficient (Wildman–Crippen LogP) is 2.66. The molecule has 1 atom stereocenters. The zero-order chi connectivity index (χ0) is 12.0. The zero-order valence-electron chi connectivity index (χ0n) is 8.98. The van der Waals surface area contributed by atoms with Crippen molar-refractivity contribution in [1.82, 2.24) is 0 Å². The van der Waals surface area contributed by atoms with Gasteiger partial charge in [0, 0.05) is 6.42 Å². The number of hydrogen-bond acceptors (Lipinski definition) is 2. The van der Waals surface area contributed by atoms with E-state index in [0.717, 1.165) is 0 Å². The Hall–Kier alpha value is -2.07. The van der Waals surface area contributed by atoms with Crippen molar-refractivity contribution in [2.24, 2.45) is 0 Å². The number of benzene rings is 1. The van der Waals surface area contributed by atoms with Crippen molar-refractivity contribution in [3.05, 3.63) is 66.4 Å². The van der Waals surface area contributed by atoms with Crippen LogP contribution in [0.5, 0.6) is 0 Å². The summed E-state index contributed by atoms with van der Waals surface area (Å²) in [6, 6.07) is 8.80. The highest BCUT2D eigenvalue weighted by molar-refractivity contribution is 5.36. The van der Waals surface area contributed by atoms with E-state index in [1.807, 2.05) is 6.07 Å². The molecule has 1 rings (SSSR count). The van der Waals surface area contributed by atoms with Crippen molar-refractivity contribution in [3.8, 4) is 6.07 Å². The molecule has 0 aliphatic heterocycles. The Morgan fingerprint density at radius 2 is 2.00 bits per heavy atom. The average Bonchev–Trinajstić information content (AvgIpc) is 2.30. The van der Waals surface area contributed by atoms with Crippen LogP contribution in [-0.4, -0.2) is 5.11 Å². The van der Waals surface area contributed by atoms with Crippen LogP contribution in [0.25, 0.3) is 0 Å². The number of nitriles is 1. The van der Waals surface area contributed by atoms with E-state index in [9.17, 15) is 5.11 Å². The first-order valence-electron chi connectivity index (χ1n) is 4.87. The fourth-order valence-electron chi connectivity index (χ4n) is 1.48. The van der Waals surface area contributed by atoms with Crippen molar-refractivity contribution in [3.63, 3.8) is 0 Å². The van der Waals surface area contributed by atoms with Gasteiger partial charge in [0.1, 0.15) is 5.60 Å². The third-order valence-electron chi connectivity index (χ3n) is 2.31. The standard InChI is InChI=1S/C14H13NO/c1-3-9-14(16,10-4-2)13-7-5-12(11-15)6-8-13/h3,5-8,10,16H,1-2,9H2. The van der Waals surface area contributed by atoms with Crippen LogP contribution in [0, 0.1) is 11.3 Å². The van der Waals surface area contributed by atoms with Crippen molar-refractivity contribution in [1.29, 1.82) is 5.26 Å². The van der Waals surface area contributed by atoms with Crippen molar-refractivity contribution in [2.45, 2.75) is 12.0 Å². The molecule has 0 fully saturated rings. The van der Waals surface area contributed by atoms with E-state index in [1.165, 1.54) is 6.08 Å². The minimum atomic E-state index is -1.14. The molecule has 1 aromatic carbocycles. The Bertz CT molecular complexity index is 461. The quantitative estimate of drug-likeness (QED) is 0.614. The molecule has 0 saturated heterocycles. The molecule has 0 aliphatic rings. The molecule has 1 N–H and O–H groups in total. The molecular formula is C14H13NO. The lowest BCUT2D eigenvalue weighted by Crippen LogP contribution is -2.21. The monoisotopic (exact) mass is 211 g/mol. The van der Waals surface area contributed by atoms with Gasteiger partial charge in [0.15, 0.2) is 0 Å². The fraction of sp³-hybridized carbons (Fsp3) is 0.143. The van der Waals surface area contributed by atoms with Crippen LogP contribution in [0.2, 0.25) is 0 Å². The van der Waals surface area contributed by atoms with E-state index >= 15 is 0 Å². The molecule has 1 aromatic rings. The van der Waals surface area contributed by atoms with E-state index in [-0.39, 0.29) is 0 Å². The molecule has 0 saturated carbocycles. The van der Waals surface area contributed by atoms with Gasteiger partial charge in [-0.3, -0.25) is 0 Å². The summed E-state index contributed by atoms with van der Waals surface area (Å²) in [5.74, 6) is 0. The van der Waals surface area contributed by atoms with Gasteiger partial charge in [-0.1, -0.05) is 24.8 Å². The third-order valence-corrected chi connectivity index (χ3v) is 2.31. The van der Waals surface area contributed by atoms with E-state index in [4.69, 9.17) is 5.26 Å². The second-order valence-corrected chi connectivity index (χ2v) is 3.45. The second kappa shape index (κ2) is 5.14. The van der Waals surface area contributed by atoms with Crippen molar-refractivity contribution < 1.29 is 5.11 Å². The summed E-state index contributed by atoms with van der Waals surface area (Å²) in [5.41, 5.74) is 2.70. The molecule has 1 unspecified atom stereocenters. The molecule has 0 spiro atoms. The molecule has 0 heterocycles. The van der Waals surface area contributed by atoms with E-state index in [0.29, 0.717) is 17.5 Å². The highest BCUT2D eigenvalue weighted by Gasteiger charge is 2.24. The van der Waals surface area contributed by atoms with Gasteiger partial charge in [-0.15, -0.1) is 12.3 Å². The Balaban J connectivity index is 3.16. The number of nitrogens with zero attached hydrogens (tertiary/aromatic N) is 1. The van der Waals surface area contributed by atoms with Gasteiger partial charge in [0.2, 0.25) is 0 Å². The van der Waals surface area contributed by atoms with Gasteiger partial charge in [0.25, 0.3) is 0 Å². The average molecular weight is 211 g/mol. The molecule has 80 valence electrons. The van der Waals surface area contributed by atoms with Crippen LogP contribution in [0.15, 0.2) is 55.3 Å². The van der Waals surface area contributed by atoms with Gasteiger partial charge in [0.05, 0.1) is 11.6 Å². The summed E-state index contributed by atoms with van der Waals surface area (Å²) in [6.45, 7) is 7.07. The largest absolute Gasteiger partial charge is 0.380 e. The number of hydrogen-bond donors (Lipinski definition) is 1. The SMILES string of the molecule is C=C=CC(O)(CC=C)c1ccc(C#N)cc1. The van der Waals surface area contributed by atoms with Crippen LogP contribution in [0.3, 0.4) is 0 Å². The maximum atomic E-state index is 10.3. The molecular weight excluding hydrogens is 198 g/mol. The fourth-order valence-corrected chi connectivity index (χ4v) is 1.48. The van der Waals surface area contributed by atoms with Gasteiger partial charge < -0.3 is 5.11 Å². The summed E-state index contributed by atoms with van der Waals surface area (Å²) in [7, 11) is 0. The highest BCUT2D eigenvalue weighted by atomic mass is 16.3. The molecule has 0 radical (unpaired) electrons. The zero-order valence-corrected chi connectivity index (χ0v) is 8.98. The van der Waals surface area contributed by atoms with Crippen LogP contribution < -0.4 is 0 Å². The first kappa shape index (κ1) is 12.0. The van der Waals surface area contributed by atoms with E-state index in [2.05, 4.69) is 18.9 Å². The summed E-state index contributed by atoms with van der Waals surface area (Å²) in [6.07, 6.45) is 3.50. The van der Waals surface area contributed by atoms with Gasteiger partial charge in [-0.25, -0.2) is 0 Å². The normalized spacial score (nSPS) is 13.0. The van der Waals surface area contributed by atoms with Gasteiger partial charge in [-0.2, -0.15) is 5.26 Å². The molecule has 16 heavy (non-hydrogen) atoms. The topological polar surface area (TPSA) is 44.0 Å². The number of aliphatic hydroxyl groups is 1. The van der Waals surface area contributed by atoms with E-state index < -0.39 is 5.60 Å². The lowest BCUT2D eigenvalue weighted by atomic mass is 9.90. The highest BCUT2D eigenvalue weighted by Crippen LogP contribution is 2.26. The van der Waals surface area contributed by atoms with Crippen molar-refractivity contribution in [2.75, 3.05) is 0 Å². The third kappa shape index (κ3) is 2.49. The maximum absolute atomic E-state index is 10.3. The van der Waals surface area contributed by atoms with E-state index in [1.54, 1.807) is 30.3 Å². The lowest BCUT2D eigenvalue weighted by molar-refractivity contribution is 0.0932. The number of rotatable bonds is 4. The van der Waals surface area contributed by atoms with Gasteiger partial charge >= 0.3 is 0 Å².